The number of alkyl halides is 2. The highest BCUT2D eigenvalue weighted by Gasteiger charge is 2.46. The Morgan fingerprint density at radius 2 is 1.87 bits per heavy atom. The fourth-order valence-corrected chi connectivity index (χ4v) is 4.12. The zero-order valence-corrected chi connectivity index (χ0v) is 17.6. The van der Waals surface area contributed by atoms with E-state index in [1.54, 1.807) is 6.07 Å². The number of pyridine rings is 1. The molecule has 1 aromatic heterocycles. The number of nitrogens with one attached hydrogen (secondary N) is 1. The van der Waals surface area contributed by atoms with Gasteiger partial charge in [-0.1, -0.05) is 28.1 Å². The molecule has 1 atom stereocenters. The van der Waals surface area contributed by atoms with Crippen molar-refractivity contribution in [1.82, 2.24) is 9.88 Å². The van der Waals surface area contributed by atoms with Crippen LogP contribution in [0.4, 0.5) is 17.6 Å². The third kappa shape index (κ3) is 3.63. The number of H-pyrrole nitrogens is 1. The quantitative estimate of drug-likeness (QED) is 0.544. The molecule has 0 saturated carbocycles. The van der Waals surface area contributed by atoms with Crippen LogP contribution >= 0.6 is 15.9 Å². The van der Waals surface area contributed by atoms with Gasteiger partial charge in [-0.15, -0.1) is 0 Å². The number of amides is 1. The van der Waals surface area contributed by atoms with E-state index in [0.717, 1.165) is 29.2 Å². The zero-order chi connectivity index (χ0) is 22.5. The number of nitrogens with zero attached hydrogens (tertiary/aromatic N) is 1. The van der Waals surface area contributed by atoms with Crippen molar-refractivity contribution in [3.05, 3.63) is 79.7 Å². The summed E-state index contributed by atoms with van der Waals surface area (Å²) >= 11 is 3.11. The van der Waals surface area contributed by atoms with Crippen LogP contribution in [-0.2, 0) is 22.1 Å². The van der Waals surface area contributed by atoms with Crippen molar-refractivity contribution in [2.24, 2.45) is 0 Å². The van der Waals surface area contributed by atoms with Gasteiger partial charge in [0.25, 0.3) is 11.5 Å². The van der Waals surface area contributed by atoms with E-state index in [1.807, 2.05) is 0 Å². The van der Waals surface area contributed by atoms with Crippen LogP contribution in [0, 0.1) is 11.6 Å². The lowest BCUT2D eigenvalue weighted by atomic mass is 9.94. The lowest BCUT2D eigenvalue weighted by Crippen LogP contribution is -2.44. The predicted molar refractivity (Wildman–Crippen MR) is 108 cm³/mol. The Morgan fingerprint density at radius 3 is 2.55 bits per heavy atom. The molecule has 0 saturated heterocycles. The van der Waals surface area contributed by atoms with Gasteiger partial charge < -0.3 is 14.6 Å². The van der Waals surface area contributed by atoms with Crippen LogP contribution in [0.5, 0.6) is 0 Å². The Hall–Kier alpha value is -2.72. The average Bonchev–Trinajstić information content (AvgIpc) is 2.73. The third-order valence-corrected chi connectivity index (χ3v) is 5.78. The molecule has 1 N–H and O–H groups in total. The minimum absolute atomic E-state index is 0.0383. The van der Waals surface area contributed by atoms with Gasteiger partial charge in [0.15, 0.2) is 11.6 Å². The number of aromatic amines is 1. The van der Waals surface area contributed by atoms with Crippen molar-refractivity contribution in [1.29, 1.82) is 0 Å². The second-order valence-electron chi connectivity index (χ2n) is 7.19. The molecule has 31 heavy (non-hydrogen) atoms. The summed E-state index contributed by atoms with van der Waals surface area (Å²) in [5, 5.41) is -0.111. The van der Waals surface area contributed by atoms with Crippen molar-refractivity contribution in [2.45, 2.75) is 18.6 Å². The lowest BCUT2D eigenvalue weighted by Gasteiger charge is -2.35. The van der Waals surface area contributed by atoms with E-state index < -0.39 is 40.6 Å². The highest BCUT2D eigenvalue weighted by molar-refractivity contribution is 9.10. The highest BCUT2D eigenvalue weighted by Crippen LogP contribution is 2.38. The molecular weight excluding hydrogens is 484 g/mol. The van der Waals surface area contributed by atoms with Crippen LogP contribution in [0.1, 0.15) is 22.9 Å². The first kappa shape index (κ1) is 21.5. The molecule has 0 unspecified atom stereocenters. The number of ether oxygens (including phenoxy) is 1. The molecule has 0 aliphatic carbocycles. The molecule has 0 bridgehead atoms. The van der Waals surface area contributed by atoms with Crippen LogP contribution in [0.3, 0.4) is 0 Å². The Balaban J connectivity index is 1.82. The van der Waals surface area contributed by atoms with Crippen molar-refractivity contribution >= 4 is 32.6 Å². The summed E-state index contributed by atoms with van der Waals surface area (Å²) in [6, 6.07) is 5.73. The summed E-state index contributed by atoms with van der Waals surface area (Å²) in [7, 11) is 1.17. The van der Waals surface area contributed by atoms with E-state index in [-0.39, 0.29) is 35.2 Å². The number of rotatable bonds is 3. The maximum absolute atomic E-state index is 15.0. The summed E-state index contributed by atoms with van der Waals surface area (Å²) in [6.45, 7) is -0.232. The van der Waals surface area contributed by atoms with Gasteiger partial charge in [-0.2, -0.15) is 8.78 Å². The van der Waals surface area contributed by atoms with E-state index in [9.17, 15) is 27.2 Å². The highest BCUT2D eigenvalue weighted by atomic mass is 79.9. The molecule has 5 nitrogen and oxygen atoms in total. The number of fused-ring (bicyclic) bond motifs is 3. The van der Waals surface area contributed by atoms with Gasteiger partial charge in [0.2, 0.25) is 0 Å². The van der Waals surface area contributed by atoms with Gasteiger partial charge in [-0.25, -0.2) is 8.78 Å². The lowest BCUT2D eigenvalue weighted by molar-refractivity contribution is -0.162. The van der Waals surface area contributed by atoms with E-state index >= 15 is 0 Å². The fraction of sp³-hybridized carbons (Fsp3) is 0.238. The summed E-state index contributed by atoms with van der Waals surface area (Å²) in [5.41, 5.74) is -0.730. The zero-order valence-electron chi connectivity index (χ0n) is 16.0. The number of aromatic nitrogens is 1. The van der Waals surface area contributed by atoms with Gasteiger partial charge in [-0.3, -0.25) is 9.59 Å². The van der Waals surface area contributed by atoms with Gasteiger partial charge in [0.05, 0.1) is 24.6 Å². The maximum Gasteiger partial charge on any atom is 0.350 e. The average molecular weight is 499 g/mol. The number of halogens is 5. The number of hydrogen-bond acceptors (Lipinski definition) is 3. The Labute approximate surface area is 181 Å². The molecule has 2 aromatic carbocycles. The van der Waals surface area contributed by atoms with Crippen LogP contribution in [0.25, 0.3) is 10.8 Å². The summed E-state index contributed by atoms with van der Waals surface area (Å²) in [4.78, 5) is 28.4. The second-order valence-corrected chi connectivity index (χ2v) is 8.11. The minimum Gasteiger partial charge on any atom is -0.373 e. The van der Waals surface area contributed by atoms with E-state index in [0.29, 0.717) is 4.47 Å². The molecule has 1 aliphatic rings. The number of carbonyl (C=O) groups is 1. The first-order valence-electron chi connectivity index (χ1n) is 9.14. The smallest absolute Gasteiger partial charge is 0.350 e. The Bertz CT molecular complexity index is 1260. The summed E-state index contributed by atoms with van der Waals surface area (Å²) < 4.78 is 63.4. The topological polar surface area (TPSA) is 62.4 Å². The molecule has 1 amide bonds. The Morgan fingerprint density at radius 1 is 1.19 bits per heavy atom. The van der Waals surface area contributed by atoms with Gasteiger partial charge in [-0.05, 0) is 29.7 Å². The standard InChI is InChI=1S/C21H15BrF4N2O3/c1-28(20(30)21(25,26)10-3-2-4-11(22)5-10)17-9-31-8-16-18(17)12-6-14(23)15(24)7-13(12)19(29)27-16/h2-7,17H,8-9H2,1H3,(H,27,29)/t17-/m1/s1. The molecule has 4 rings (SSSR count). The molecule has 0 fully saturated rings. The molecule has 162 valence electrons. The van der Waals surface area contributed by atoms with Crippen molar-refractivity contribution in [3.8, 4) is 0 Å². The van der Waals surface area contributed by atoms with Crippen molar-refractivity contribution in [3.63, 3.8) is 0 Å². The van der Waals surface area contributed by atoms with Crippen molar-refractivity contribution in [2.75, 3.05) is 13.7 Å². The summed E-state index contributed by atoms with van der Waals surface area (Å²) in [6.07, 6.45) is 0. The predicted octanol–water partition coefficient (Wildman–Crippen LogP) is 4.39. The minimum atomic E-state index is -3.86. The van der Waals surface area contributed by atoms with Crippen molar-refractivity contribution < 1.29 is 27.1 Å². The Kier molecular flexibility index (Phi) is 5.38. The van der Waals surface area contributed by atoms with Gasteiger partial charge in [0.1, 0.15) is 0 Å². The molecule has 10 heteroatoms. The van der Waals surface area contributed by atoms with Gasteiger partial charge in [0, 0.05) is 28.3 Å². The second kappa shape index (κ2) is 7.76. The SMILES string of the molecule is CN(C(=O)C(F)(F)c1cccc(Br)c1)[C@@H]1COCc2[nH]c(=O)c3cc(F)c(F)cc3c21. The summed E-state index contributed by atoms with van der Waals surface area (Å²) in [5.74, 6) is -7.77. The molecule has 0 spiro atoms. The number of likely N-dealkylation sites (N-methyl/N-ethyl adjacent to an activating group) is 1. The normalized spacial score (nSPS) is 16.3. The monoisotopic (exact) mass is 498 g/mol. The number of benzene rings is 2. The molecule has 1 aliphatic heterocycles. The van der Waals surface area contributed by atoms with E-state index in [2.05, 4.69) is 20.9 Å². The van der Waals surface area contributed by atoms with Crippen LogP contribution in [0.2, 0.25) is 0 Å². The molecular formula is C21H15BrF4N2O3. The third-order valence-electron chi connectivity index (χ3n) is 5.28. The number of carbonyl (C=O) groups excluding carboxylic acids is 1. The fourth-order valence-electron chi connectivity index (χ4n) is 3.72. The van der Waals surface area contributed by atoms with E-state index in [1.165, 1.54) is 13.1 Å². The maximum atomic E-state index is 15.0. The largest absolute Gasteiger partial charge is 0.373 e. The molecule has 0 radical (unpaired) electrons. The first-order chi connectivity index (χ1) is 14.6. The van der Waals surface area contributed by atoms with Crippen LogP contribution < -0.4 is 5.56 Å². The van der Waals surface area contributed by atoms with Gasteiger partial charge >= 0.3 is 5.92 Å². The van der Waals surface area contributed by atoms with E-state index in [4.69, 9.17) is 4.74 Å². The first-order valence-corrected chi connectivity index (χ1v) is 9.93. The van der Waals surface area contributed by atoms with Crippen LogP contribution in [-0.4, -0.2) is 29.4 Å². The molecule has 3 aromatic rings. The number of hydrogen-bond donors (Lipinski definition) is 1. The molecule has 2 heterocycles. The van der Waals surface area contributed by atoms with Crippen LogP contribution in [0.15, 0.2) is 45.7 Å².